The van der Waals surface area contributed by atoms with E-state index in [-0.39, 0.29) is 17.7 Å². The molecule has 0 saturated carbocycles. The quantitative estimate of drug-likeness (QED) is 0.525. The van der Waals surface area contributed by atoms with E-state index in [1.165, 1.54) is 0 Å². The molecule has 0 bridgehead atoms. The number of amides is 4. The normalized spacial score (nSPS) is 27.3. The first kappa shape index (κ1) is 18.2. The minimum absolute atomic E-state index is 0.0144. The van der Waals surface area contributed by atoms with Gasteiger partial charge < -0.3 is 10.2 Å². The molecule has 0 aromatic rings. The molecule has 132 valence electrons. The maximum atomic E-state index is 12.5. The molecule has 2 aliphatic heterocycles. The monoisotopic (exact) mass is 334 g/mol. The summed E-state index contributed by atoms with van der Waals surface area (Å²) < 4.78 is 0. The van der Waals surface area contributed by atoms with Gasteiger partial charge >= 0.3 is 6.03 Å². The molecule has 2 rings (SSSR count). The van der Waals surface area contributed by atoms with Gasteiger partial charge in [-0.05, 0) is 26.3 Å². The Labute approximate surface area is 142 Å². The van der Waals surface area contributed by atoms with E-state index in [9.17, 15) is 14.4 Å². The molecule has 2 saturated heterocycles. The first-order chi connectivity index (χ1) is 11.4. The Bertz CT molecular complexity index is 538. The fourth-order valence-electron chi connectivity index (χ4n) is 3.40. The Morgan fingerprint density at radius 1 is 1.38 bits per heavy atom. The Hall–Kier alpha value is -2.15. The van der Waals surface area contributed by atoms with Crippen LogP contribution in [0.4, 0.5) is 4.79 Å². The number of hydrogen-bond acceptors (Lipinski definition) is 4. The molecule has 7 heteroatoms. The van der Waals surface area contributed by atoms with E-state index >= 15 is 0 Å². The number of nitrogens with one attached hydrogen (secondary N) is 2. The van der Waals surface area contributed by atoms with Crippen molar-refractivity contribution in [3.63, 3.8) is 0 Å². The Morgan fingerprint density at radius 2 is 2.04 bits per heavy atom. The number of hydrogen-bond donors (Lipinski definition) is 2. The van der Waals surface area contributed by atoms with Gasteiger partial charge in [-0.15, -0.1) is 13.2 Å². The summed E-state index contributed by atoms with van der Waals surface area (Å²) in [7, 11) is 0. The van der Waals surface area contributed by atoms with Crippen molar-refractivity contribution in [2.45, 2.75) is 25.3 Å². The standard InChI is InChI=1S/C17H26N4O3/c1-4-8-21(9-5-2)14(22)12-20-10-6-7-13(11-20)17(3)15(23)18-16(24)19-17/h4-5,13H,1-2,6-12H2,3H3,(H2,18,19,23,24)/t13-,17+/m0/s1. The average molecular weight is 334 g/mol. The van der Waals surface area contributed by atoms with Crippen molar-refractivity contribution in [3.8, 4) is 0 Å². The zero-order chi connectivity index (χ0) is 17.7. The van der Waals surface area contributed by atoms with Crippen LogP contribution in [-0.2, 0) is 9.59 Å². The second kappa shape index (κ2) is 7.61. The lowest BCUT2D eigenvalue weighted by molar-refractivity contribution is -0.132. The number of urea groups is 1. The van der Waals surface area contributed by atoms with Crippen molar-refractivity contribution in [2.75, 3.05) is 32.7 Å². The molecule has 24 heavy (non-hydrogen) atoms. The van der Waals surface area contributed by atoms with Crippen molar-refractivity contribution in [1.82, 2.24) is 20.4 Å². The van der Waals surface area contributed by atoms with Crippen molar-refractivity contribution < 1.29 is 14.4 Å². The van der Waals surface area contributed by atoms with Crippen LogP contribution in [0.15, 0.2) is 25.3 Å². The summed E-state index contributed by atoms with van der Waals surface area (Å²) >= 11 is 0. The highest BCUT2D eigenvalue weighted by Gasteiger charge is 2.49. The van der Waals surface area contributed by atoms with Gasteiger partial charge in [0.05, 0.1) is 6.54 Å². The molecule has 2 atom stereocenters. The van der Waals surface area contributed by atoms with Gasteiger partial charge in [0.25, 0.3) is 5.91 Å². The van der Waals surface area contributed by atoms with E-state index in [4.69, 9.17) is 0 Å². The number of piperidine rings is 1. The fraction of sp³-hybridized carbons (Fsp3) is 0.588. The molecular formula is C17H26N4O3. The number of nitrogens with zero attached hydrogens (tertiary/aromatic N) is 2. The summed E-state index contributed by atoms with van der Waals surface area (Å²) in [5.74, 6) is -0.288. The molecule has 4 amide bonds. The molecule has 2 fully saturated rings. The molecule has 2 heterocycles. The lowest BCUT2D eigenvalue weighted by Gasteiger charge is -2.39. The minimum Gasteiger partial charge on any atom is -0.334 e. The number of likely N-dealkylation sites (tertiary alicyclic amines) is 1. The lowest BCUT2D eigenvalue weighted by atomic mass is 9.80. The van der Waals surface area contributed by atoms with Gasteiger partial charge in [0.15, 0.2) is 0 Å². The SMILES string of the molecule is C=CCN(CC=C)C(=O)CN1CCC[C@H]([C@@]2(C)NC(=O)NC2=O)C1. The zero-order valence-electron chi connectivity index (χ0n) is 14.2. The maximum Gasteiger partial charge on any atom is 0.322 e. The predicted molar refractivity (Wildman–Crippen MR) is 91.2 cm³/mol. The van der Waals surface area contributed by atoms with E-state index in [0.29, 0.717) is 26.2 Å². The third-order valence-electron chi connectivity index (χ3n) is 4.80. The molecular weight excluding hydrogens is 308 g/mol. The second-order valence-corrected chi connectivity index (χ2v) is 6.56. The molecule has 2 N–H and O–H groups in total. The maximum absolute atomic E-state index is 12.5. The summed E-state index contributed by atoms with van der Waals surface area (Å²) in [6.07, 6.45) is 5.12. The third-order valence-corrected chi connectivity index (χ3v) is 4.80. The molecule has 0 spiro atoms. The topological polar surface area (TPSA) is 81.8 Å². The van der Waals surface area contributed by atoms with Gasteiger partial charge in [-0.2, -0.15) is 0 Å². The lowest BCUT2D eigenvalue weighted by Crippen LogP contribution is -2.56. The van der Waals surface area contributed by atoms with Crippen LogP contribution in [0.3, 0.4) is 0 Å². The summed E-state index contributed by atoms with van der Waals surface area (Å²) in [5, 5.41) is 5.05. The molecule has 0 unspecified atom stereocenters. The molecule has 0 aromatic carbocycles. The van der Waals surface area contributed by atoms with Crippen molar-refractivity contribution in [1.29, 1.82) is 0 Å². The van der Waals surface area contributed by atoms with Gasteiger partial charge in [-0.25, -0.2) is 4.79 Å². The van der Waals surface area contributed by atoms with Gasteiger partial charge in [-0.1, -0.05) is 12.2 Å². The molecule has 0 aliphatic carbocycles. The van der Waals surface area contributed by atoms with Crippen LogP contribution in [0.1, 0.15) is 19.8 Å². The molecule has 0 aromatic heterocycles. The van der Waals surface area contributed by atoms with Crippen LogP contribution < -0.4 is 10.6 Å². The van der Waals surface area contributed by atoms with Crippen LogP contribution in [0.25, 0.3) is 0 Å². The van der Waals surface area contributed by atoms with Gasteiger partial charge in [-0.3, -0.25) is 19.8 Å². The molecule has 2 aliphatic rings. The first-order valence-electron chi connectivity index (χ1n) is 8.26. The van der Waals surface area contributed by atoms with Crippen LogP contribution in [-0.4, -0.2) is 65.9 Å². The van der Waals surface area contributed by atoms with Crippen molar-refractivity contribution in [3.05, 3.63) is 25.3 Å². The first-order valence-corrected chi connectivity index (χ1v) is 8.26. The van der Waals surface area contributed by atoms with Crippen LogP contribution in [0.5, 0.6) is 0 Å². The van der Waals surface area contributed by atoms with Crippen molar-refractivity contribution in [2.24, 2.45) is 5.92 Å². The van der Waals surface area contributed by atoms with Gasteiger partial charge in [0.1, 0.15) is 5.54 Å². The molecule has 7 nitrogen and oxygen atoms in total. The van der Waals surface area contributed by atoms with E-state index in [2.05, 4.69) is 28.7 Å². The smallest absolute Gasteiger partial charge is 0.322 e. The van der Waals surface area contributed by atoms with Gasteiger partial charge in [0.2, 0.25) is 5.91 Å². The highest BCUT2D eigenvalue weighted by atomic mass is 16.2. The second-order valence-electron chi connectivity index (χ2n) is 6.56. The zero-order valence-corrected chi connectivity index (χ0v) is 14.2. The summed E-state index contributed by atoms with van der Waals surface area (Å²) in [6.45, 7) is 11.8. The largest absolute Gasteiger partial charge is 0.334 e. The Kier molecular flexibility index (Phi) is 5.77. The van der Waals surface area contributed by atoms with Gasteiger partial charge in [0, 0.05) is 25.6 Å². The van der Waals surface area contributed by atoms with Crippen molar-refractivity contribution >= 4 is 17.8 Å². The number of rotatable bonds is 7. The summed E-state index contributed by atoms with van der Waals surface area (Å²) in [4.78, 5) is 39.8. The van der Waals surface area contributed by atoms with E-state index in [1.54, 1.807) is 24.0 Å². The minimum atomic E-state index is -0.902. The summed E-state index contributed by atoms with van der Waals surface area (Å²) in [5.41, 5.74) is -0.902. The Balaban J connectivity index is 1.99. The fourth-order valence-corrected chi connectivity index (χ4v) is 3.40. The van der Waals surface area contributed by atoms with E-state index < -0.39 is 11.6 Å². The highest BCUT2D eigenvalue weighted by molar-refractivity contribution is 6.07. The number of carbonyl (C=O) groups excluding carboxylic acids is 3. The third kappa shape index (κ3) is 3.84. The highest BCUT2D eigenvalue weighted by Crippen LogP contribution is 2.29. The van der Waals surface area contributed by atoms with Crippen LogP contribution >= 0.6 is 0 Å². The average Bonchev–Trinajstić information content (AvgIpc) is 2.81. The number of imide groups is 1. The Morgan fingerprint density at radius 3 is 2.58 bits per heavy atom. The predicted octanol–water partition coefficient (Wildman–Crippen LogP) is 0.497. The number of carbonyl (C=O) groups is 3. The van der Waals surface area contributed by atoms with Crippen LogP contribution in [0, 0.1) is 5.92 Å². The molecule has 0 radical (unpaired) electrons. The van der Waals surface area contributed by atoms with E-state index in [0.717, 1.165) is 19.4 Å². The van der Waals surface area contributed by atoms with E-state index in [1.807, 2.05) is 0 Å². The van der Waals surface area contributed by atoms with Crippen LogP contribution in [0.2, 0.25) is 0 Å². The summed E-state index contributed by atoms with van der Waals surface area (Å²) in [6, 6.07) is -0.446.